The first-order chi connectivity index (χ1) is 16.1. The zero-order valence-electron chi connectivity index (χ0n) is 18.5. The summed E-state index contributed by atoms with van der Waals surface area (Å²) >= 11 is 1.59. The maximum atomic E-state index is 13.1. The number of carbonyl (C=O) groups is 1. The molecule has 0 aliphatic heterocycles. The van der Waals surface area contributed by atoms with Crippen molar-refractivity contribution in [2.24, 2.45) is 0 Å². The Kier molecular flexibility index (Phi) is 5.92. The summed E-state index contributed by atoms with van der Waals surface area (Å²) in [6.07, 6.45) is 3.63. The third-order valence-corrected chi connectivity index (χ3v) is 6.95. The number of hydrogen-bond acceptors (Lipinski definition) is 5. The lowest BCUT2D eigenvalue weighted by Crippen LogP contribution is -2.28. The van der Waals surface area contributed by atoms with Crippen molar-refractivity contribution < 1.29 is 9.90 Å². The maximum absolute atomic E-state index is 13.1. The number of phenols is 1. The highest BCUT2D eigenvalue weighted by atomic mass is 32.1. The Bertz CT molecular complexity index is 1290. The number of phenolic OH excluding ortho intramolecular Hbond substituents is 1. The van der Waals surface area contributed by atoms with E-state index in [1.54, 1.807) is 35.4 Å². The van der Waals surface area contributed by atoms with Gasteiger partial charge in [-0.3, -0.25) is 9.69 Å². The molecule has 2 heterocycles. The van der Waals surface area contributed by atoms with Crippen molar-refractivity contribution in [1.29, 1.82) is 0 Å². The van der Waals surface area contributed by atoms with E-state index in [1.165, 1.54) is 5.56 Å². The van der Waals surface area contributed by atoms with E-state index in [4.69, 9.17) is 9.97 Å². The van der Waals surface area contributed by atoms with E-state index < -0.39 is 0 Å². The maximum Gasteiger partial charge on any atom is 0.227 e. The highest BCUT2D eigenvalue weighted by Gasteiger charge is 2.26. The normalized spacial score (nSPS) is 12.2. The molecule has 5 nitrogen and oxygen atoms in total. The number of amides is 1. The Morgan fingerprint density at radius 3 is 2.67 bits per heavy atom. The SMILES string of the molecule is CN(C(=O)CCCc1ccccc1)c1nc2c(nc1-c1cccs1)-c1ccc(O)cc1CC2. The van der Waals surface area contributed by atoms with Gasteiger partial charge in [-0.2, -0.15) is 0 Å². The first-order valence-corrected chi connectivity index (χ1v) is 12.1. The molecule has 0 atom stereocenters. The third kappa shape index (κ3) is 4.39. The van der Waals surface area contributed by atoms with Gasteiger partial charge in [-0.05, 0) is 66.5 Å². The molecule has 1 N–H and O–H groups in total. The van der Waals surface area contributed by atoms with Crippen molar-refractivity contribution in [2.45, 2.75) is 32.1 Å². The number of aromatic hydroxyl groups is 1. The number of hydrogen-bond donors (Lipinski definition) is 1. The lowest BCUT2D eigenvalue weighted by atomic mass is 9.91. The quantitative estimate of drug-likeness (QED) is 0.407. The summed E-state index contributed by atoms with van der Waals surface area (Å²) in [6, 6.07) is 19.6. The minimum absolute atomic E-state index is 0.0409. The summed E-state index contributed by atoms with van der Waals surface area (Å²) in [7, 11) is 1.80. The summed E-state index contributed by atoms with van der Waals surface area (Å²) in [4.78, 5) is 25.7. The summed E-state index contributed by atoms with van der Waals surface area (Å²) in [5, 5.41) is 11.9. The van der Waals surface area contributed by atoms with Crippen LogP contribution in [0.25, 0.3) is 21.8 Å². The topological polar surface area (TPSA) is 66.3 Å². The average molecular weight is 456 g/mol. The van der Waals surface area contributed by atoms with Crippen LogP contribution >= 0.6 is 11.3 Å². The number of benzene rings is 2. The molecule has 2 aromatic heterocycles. The fourth-order valence-corrected chi connectivity index (χ4v) is 5.02. The zero-order chi connectivity index (χ0) is 22.8. The number of nitrogens with zero attached hydrogens (tertiary/aromatic N) is 3. The number of anilines is 1. The molecule has 5 rings (SSSR count). The summed E-state index contributed by atoms with van der Waals surface area (Å²) < 4.78 is 0. The van der Waals surface area contributed by atoms with Gasteiger partial charge in [0.1, 0.15) is 11.4 Å². The monoisotopic (exact) mass is 455 g/mol. The van der Waals surface area contributed by atoms with Gasteiger partial charge in [0, 0.05) is 19.0 Å². The first-order valence-electron chi connectivity index (χ1n) is 11.2. The van der Waals surface area contributed by atoms with Gasteiger partial charge >= 0.3 is 0 Å². The zero-order valence-corrected chi connectivity index (χ0v) is 19.3. The predicted octanol–water partition coefficient (Wildman–Crippen LogP) is 5.66. The van der Waals surface area contributed by atoms with Crippen molar-refractivity contribution in [3.05, 3.63) is 82.9 Å². The van der Waals surface area contributed by atoms with Crippen LogP contribution in [0.5, 0.6) is 5.75 Å². The summed E-state index contributed by atoms with van der Waals surface area (Å²) in [5.74, 6) is 0.920. The Labute approximate surface area is 197 Å². The summed E-state index contributed by atoms with van der Waals surface area (Å²) in [6.45, 7) is 0. The number of carbonyl (C=O) groups excluding carboxylic acids is 1. The minimum Gasteiger partial charge on any atom is -0.508 e. The van der Waals surface area contributed by atoms with Crippen molar-refractivity contribution in [3.63, 3.8) is 0 Å². The van der Waals surface area contributed by atoms with Crippen LogP contribution in [-0.2, 0) is 24.1 Å². The molecule has 6 heteroatoms. The van der Waals surface area contributed by atoms with Gasteiger partial charge in [-0.1, -0.05) is 36.4 Å². The van der Waals surface area contributed by atoms with Crippen LogP contribution in [0, 0.1) is 0 Å². The number of aromatic nitrogens is 2. The molecule has 0 bridgehead atoms. The van der Waals surface area contributed by atoms with E-state index in [2.05, 4.69) is 12.1 Å². The Morgan fingerprint density at radius 1 is 1.03 bits per heavy atom. The fourth-order valence-electron chi connectivity index (χ4n) is 4.31. The van der Waals surface area contributed by atoms with Gasteiger partial charge in [-0.25, -0.2) is 9.97 Å². The van der Waals surface area contributed by atoms with E-state index >= 15 is 0 Å². The first kappa shape index (κ1) is 21.3. The molecule has 0 saturated carbocycles. The second-order valence-electron chi connectivity index (χ2n) is 8.30. The van der Waals surface area contributed by atoms with Crippen molar-refractivity contribution >= 4 is 23.1 Å². The van der Waals surface area contributed by atoms with Crippen LogP contribution in [0.15, 0.2) is 66.0 Å². The molecule has 166 valence electrons. The molecule has 0 fully saturated rings. The molecule has 33 heavy (non-hydrogen) atoms. The molecule has 1 amide bonds. The smallest absolute Gasteiger partial charge is 0.227 e. The predicted molar refractivity (Wildman–Crippen MR) is 133 cm³/mol. The molecule has 0 unspecified atom stereocenters. The number of fused-ring (bicyclic) bond motifs is 3. The highest BCUT2D eigenvalue weighted by Crippen LogP contribution is 2.38. The lowest BCUT2D eigenvalue weighted by molar-refractivity contribution is -0.118. The molecule has 0 saturated heterocycles. The number of aryl methyl sites for hydroxylation is 3. The third-order valence-electron chi connectivity index (χ3n) is 6.07. The van der Waals surface area contributed by atoms with E-state index in [9.17, 15) is 9.90 Å². The molecule has 1 aliphatic carbocycles. The molecule has 4 aromatic rings. The van der Waals surface area contributed by atoms with Crippen LogP contribution in [0.2, 0.25) is 0 Å². The van der Waals surface area contributed by atoms with Gasteiger partial charge in [0.2, 0.25) is 5.91 Å². The van der Waals surface area contributed by atoms with Crippen LogP contribution in [-0.4, -0.2) is 28.0 Å². The van der Waals surface area contributed by atoms with Crippen molar-refractivity contribution in [2.75, 3.05) is 11.9 Å². The van der Waals surface area contributed by atoms with Gasteiger partial charge in [-0.15, -0.1) is 11.3 Å². The average Bonchev–Trinajstić information content (AvgIpc) is 3.38. The number of rotatable bonds is 6. The Morgan fingerprint density at radius 2 is 1.88 bits per heavy atom. The van der Waals surface area contributed by atoms with E-state index in [-0.39, 0.29) is 11.7 Å². The Hall–Kier alpha value is -3.51. The van der Waals surface area contributed by atoms with Gasteiger partial charge in [0.25, 0.3) is 0 Å². The molecule has 1 aliphatic rings. The van der Waals surface area contributed by atoms with Crippen LogP contribution < -0.4 is 4.90 Å². The minimum atomic E-state index is 0.0409. The molecule has 2 aromatic carbocycles. The van der Waals surface area contributed by atoms with Crippen molar-refractivity contribution in [1.82, 2.24) is 9.97 Å². The van der Waals surface area contributed by atoms with E-state index in [0.29, 0.717) is 12.2 Å². The standard InChI is InChI=1S/C27H25N3O2S/c1-30(24(32)11-5-9-18-7-3-2-4-8-18)27-26(23-10-6-16-33-23)29-25-21-14-13-20(31)17-19(21)12-15-22(25)28-27/h2-4,6-8,10,13-14,16-17,31H,5,9,11-12,15H2,1H3. The van der Waals surface area contributed by atoms with Gasteiger partial charge in [0.05, 0.1) is 16.3 Å². The van der Waals surface area contributed by atoms with Gasteiger partial charge in [0.15, 0.2) is 5.82 Å². The second kappa shape index (κ2) is 9.16. The highest BCUT2D eigenvalue weighted by molar-refractivity contribution is 7.13. The Balaban J connectivity index is 1.45. The van der Waals surface area contributed by atoms with Crippen LogP contribution in [0.3, 0.4) is 0 Å². The van der Waals surface area contributed by atoms with Crippen LogP contribution in [0.4, 0.5) is 5.82 Å². The van der Waals surface area contributed by atoms with Crippen molar-refractivity contribution in [3.8, 4) is 27.6 Å². The molecular formula is C27H25N3O2S. The number of thiophene rings is 1. The lowest BCUT2D eigenvalue weighted by Gasteiger charge is -2.24. The fraction of sp³-hybridized carbons (Fsp3) is 0.222. The molecular weight excluding hydrogens is 430 g/mol. The molecule has 0 radical (unpaired) electrons. The largest absolute Gasteiger partial charge is 0.508 e. The van der Waals surface area contributed by atoms with Gasteiger partial charge < -0.3 is 5.11 Å². The molecule has 0 spiro atoms. The van der Waals surface area contributed by atoms with Crippen LogP contribution in [0.1, 0.15) is 29.7 Å². The van der Waals surface area contributed by atoms with E-state index in [1.807, 2.05) is 41.8 Å². The summed E-state index contributed by atoms with van der Waals surface area (Å²) in [5.41, 5.74) is 5.78. The van der Waals surface area contributed by atoms with E-state index in [0.717, 1.165) is 58.8 Å². The second-order valence-corrected chi connectivity index (χ2v) is 9.25.